The van der Waals surface area contributed by atoms with Crippen molar-refractivity contribution in [1.29, 1.82) is 0 Å². The summed E-state index contributed by atoms with van der Waals surface area (Å²) in [5, 5.41) is 0. The molecule has 15 nitrogen and oxygen atoms in total. The zero-order valence-electron chi connectivity index (χ0n) is 18.0. The van der Waals surface area contributed by atoms with E-state index in [0.717, 1.165) is 0 Å². The van der Waals surface area contributed by atoms with Crippen molar-refractivity contribution in [3.63, 3.8) is 0 Å². The lowest BCUT2D eigenvalue weighted by Crippen LogP contribution is -2.11. The maximum Gasteiger partial charge on any atom is 0.225 e. The molecule has 0 unspecified atom stereocenters. The summed E-state index contributed by atoms with van der Waals surface area (Å²) in [5.74, 6) is 0.478. The molecule has 3 aromatic heterocycles. The first-order chi connectivity index (χ1) is 15.5. The number of rotatable bonds is 3. The van der Waals surface area contributed by atoms with E-state index in [-0.39, 0.29) is 53.2 Å². The molecule has 33 heavy (non-hydrogen) atoms. The zero-order valence-corrected chi connectivity index (χ0v) is 18.0. The van der Waals surface area contributed by atoms with Crippen LogP contribution in [0.1, 0.15) is 16.7 Å². The second kappa shape index (κ2) is 7.63. The van der Waals surface area contributed by atoms with Gasteiger partial charge in [-0.2, -0.15) is 44.9 Å². The predicted octanol–water partition coefficient (Wildman–Crippen LogP) is -0.339. The van der Waals surface area contributed by atoms with Gasteiger partial charge in [0.1, 0.15) is 0 Å². The lowest BCUT2D eigenvalue weighted by molar-refractivity contribution is 1.05. The van der Waals surface area contributed by atoms with Crippen LogP contribution in [0.5, 0.6) is 0 Å². The van der Waals surface area contributed by atoms with Crippen LogP contribution in [0, 0.1) is 20.8 Å². The van der Waals surface area contributed by atoms with Crippen LogP contribution in [0.3, 0.4) is 0 Å². The van der Waals surface area contributed by atoms with E-state index in [1.807, 2.05) is 20.8 Å². The van der Waals surface area contributed by atoms with E-state index in [0.29, 0.717) is 33.4 Å². The van der Waals surface area contributed by atoms with Gasteiger partial charge in [-0.15, -0.1) is 0 Å². The summed E-state index contributed by atoms with van der Waals surface area (Å²) >= 11 is 0. The van der Waals surface area contributed by atoms with E-state index in [9.17, 15) is 0 Å². The molecule has 15 heteroatoms. The molecule has 4 aromatic rings. The SMILES string of the molecule is Cc1c(-c2nc(N)nc(N)n2)c(C)c(-c2nc(N)nc(N)n2)c(C)c1-c1nc(N)nc(N)n1. The fourth-order valence-corrected chi connectivity index (χ4v) is 3.79. The first kappa shape index (κ1) is 21.3. The summed E-state index contributed by atoms with van der Waals surface area (Å²) < 4.78 is 0. The summed E-state index contributed by atoms with van der Waals surface area (Å²) in [5.41, 5.74) is 38.9. The van der Waals surface area contributed by atoms with E-state index >= 15 is 0 Å². The van der Waals surface area contributed by atoms with Gasteiger partial charge >= 0.3 is 0 Å². The van der Waals surface area contributed by atoms with Crippen molar-refractivity contribution in [2.24, 2.45) is 0 Å². The maximum atomic E-state index is 5.83. The second-order valence-corrected chi connectivity index (χ2v) is 7.13. The number of benzene rings is 1. The molecule has 0 fully saturated rings. The van der Waals surface area contributed by atoms with Crippen molar-refractivity contribution in [3.8, 4) is 34.2 Å². The van der Waals surface area contributed by atoms with Gasteiger partial charge in [-0.1, -0.05) is 0 Å². The zero-order chi connectivity index (χ0) is 24.0. The maximum absolute atomic E-state index is 5.83. The standard InChI is InChI=1S/C18H21N15/c1-4-7(10-25-13(19)31-14(20)26-10)5(2)9(12-29-17(23)33-18(24)30-12)6(3)8(4)11-27-15(21)32-16(22)28-11/h1-3H3,(H4,19,20,25,26,31)(H4,21,22,27,28,32)(H4,23,24,29,30,33). The van der Waals surface area contributed by atoms with Gasteiger partial charge in [-0.25, -0.2) is 0 Å². The lowest BCUT2D eigenvalue weighted by Gasteiger charge is -2.21. The molecule has 0 spiro atoms. The third-order valence-corrected chi connectivity index (χ3v) is 4.93. The van der Waals surface area contributed by atoms with E-state index in [1.54, 1.807) is 0 Å². The van der Waals surface area contributed by atoms with Crippen molar-refractivity contribution in [3.05, 3.63) is 16.7 Å². The van der Waals surface area contributed by atoms with Gasteiger partial charge in [0.2, 0.25) is 35.7 Å². The average molecular weight is 447 g/mol. The molecule has 12 N–H and O–H groups in total. The Balaban J connectivity index is 2.17. The van der Waals surface area contributed by atoms with Gasteiger partial charge in [0.05, 0.1) is 0 Å². The number of aromatic nitrogens is 9. The van der Waals surface area contributed by atoms with Gasteiger partial charge in [-0.05, 0) is 37.5 Å². The summed E-state index contributed by atoms with van der Waals surface area (Å²) in [6, 6.07) is 0. The number of hydrogen-bond acceptors (Lipinski definition) is 15. The highest BCUT2D eigenvalue weighted by Crippen LogP contribution is 2.41. The number of nitrogens with zero attached hydrogens (tertiary/aromatic N) is 9. The quantitative estimate of drug-likeness (QED) is 0.234. The topological polar surface area (TPSA) is 272 Å². The van der Waals surface area contributed by atoms with Crippen molar-refractivity contribution in [2.75, 3.05) is 34.4 Å². The van der Waals surface area contributed by atoms with Crippen LogP contribution in [-0.4, -0.2) is 44.9 Å². The van der Waals surface area contributed by atoms with Crippen LogP contribution in [0.4, 0.5) is 35.7 Å². The van der Waals surface area contributed by atoms with E-state index in [4.69, 9.17) is 34.4 Å². The monoisotopic (exact) mass is 447 g/mol. The molecule has 3 heterocycles. The average Bonchev–Trinajstić information content (AvgIpc) is 2.65. The normalized spacial score (nSPS) is 11.0. The summed E-state index contributed by atoms with van der Waals surface area (Å²) in [6.07, 6.45) is 0. The molecule has 0 aliphatic heterocycles. The molecule has 0 amide bonds. The van der Waals surface area contributed by atoms with Crippen LogP contribution in [-0.2, 0) is 0 Å². The Labute approximate surface area is 187 Å². The molecule has 0 bridgehead atoms. The minimum absolute atomic E-state index is 0.0396. The summed E-state index contributed by atoms with van der Waals surface area (Å²) in [7, 11) is 0. The van der Waals surface area contributed by atoms with Crippen LogP contribution in [0.2, 0.25) is 0 Å². The highest BCUT2D eigenvalue weighted by Gasteiger charge is 2.26. The van der Waals surface area contributed by atoms with E-state index < -0.39 is 0 Å². The molecular formula is C18H21N15. The highest BCUT2D eigenvalue weighted by atomic mass is 15.2. The number of nitrogens with two attached hydrogens (primary N) is 6. The minimum Gasteiger partial charge on any atom is -0.368 e. The molecule has 0 aliphatic rings. The molecule has 4 rings (SSSR count). The molecule has 0 atom stereocenters. The Morgan fingerprint density at radius 1 is 0.333 bits per heavy atom. The number of anilines is 6. The van der Waals surface area contributed by atoms with Gasteiger partial charge in [-0.3, -0.25) is 0 Å². The third kappa shape index (κ3) is 3.78. The Bertz CT molecular complexity index is 1160. The van der Waals surface area contributed by atoms with Crippen molar-refractivity contribution < 1.29 is 0 Å². The first-order valence-electron chi connectivity index (χ1n) is 9.51. The molecule has 1 aromatic carbocycles. The van der Waals surface area contributed by atoms with Crippen molar-refractivity contribution >= 4 is 35.7 Å². The molecule has 0 saturated heterocycles. The highest BCUT2D eigenvalue weighted by molar-refractivity contribution is 5.87. The van der Waals surface area contributed by atoms with Crippen LogP contribution in [0.15, 0.2) is 0 Å². The molecule has 168 valence electrons. The first-order valence-corrected chi connectivity index (χ1v) is 9.51. The van der Waals surface area contributed by atoms with E-state index in [1.165, 1.54) is 0 Å². The van der Waals surface area contributed by atoms with Crippen molar-refractivity contribution in [1.82, 2.24) is 44.9 Å². The van der Waals surface area contributed by atoms with Gasteiger partial charge in [0.25, 0.3) is 0 Å². The number of hydrogen-bond donors (Lipinski definition) is 6. The summed E-state index contributed by atoms with van der Waals surface area (Å²) in [6.45, 7) is 5.53. The van der Waals surface area contributed by atoms with Gasteiger partial charge in [0.15, 0.2) is 17.5 Å². The molecule has 0 radical (unpaired) electrons. The molecule has 0 aliphatic carbocycles. The largest absolute Gasteiger partial charge is 0.368 e. The van der Waals surface area contributed by atoms with Crippen LogP contribution in [0.25, 0.3) is 34.2 Å². The minimum atomic E-state index is -0.0396. The van der Waals surface area contributed by atoms with Gasteiger partial charge < -0.3 is 34.4 Å². The van der Waals surface area contributed by atoms with Crippen LogP contribution < -0.4 is 34.4 Å². The molecule has 0 saturated carbocycles. The summed E-state index contributed by atoms with van der Waals surface area (Å²) in [4.78, 5) is 37.1. The number of nitrogen functional groups attached to an aromatic ring is 6. The molecular weight excluding hydrogens is 426 g/mol. The Kier molecular flexibility index (Phi) is 4.92. The fourth-order valence-electron chi connectivity index (χ4n) is 3.79. The second-order valence-electron chi connectivity index (χ2n) is 7.13. The van der Waals surface area contributed by atoms with Crippen LogP contribution >= 0.6 is 0 Å². The van der Waals surface area contributed by atoms with Gasteiger partial charge in [0, 0.05) is 16.7 Å². The van der Waals surface area contributed by atoms with E-state index in [2.05, 4.69) is 44.9 Å². The Morgan fingerprint density at radius 3 is 0.697 bits per heavy atom. The Morgan fingerprint density at radius 2 is 0.515 bits per heavy atom. The smallest absolute Gasteiger partial charge is 0.225 e. The predicted molar refractivity (Wildman–Crippen MR) is 124 cm³/mol. The van der Waals surface area contributed by atoms with Crippen molar-refractivity contribution in [2.45, 2.75) is 20.8 Å². The Hall–Kier alpha value is -4.95. The fraction of sp³-hybridized carbons (Fsp3) is 0.167. The third-order valence-electron chi connectivity index (χ3n) is 4.93. The lowest BCUT2D eigenvalue weighted by atomic mass is 9.87.